The molecule has 0 spiro atoms. The van der Waals surface area contributed by atoms with Gasteiger partial charge in [-0.1, -0.05) is 48.4 Å². The fourth-order valence-electron chi connectivity index (χ4n) is 6.09. The second-order valence-corrected chi connectivity index (χ2v) is 12.9. The molecule has 1 aliphatic heterocycles. The normalized spacial score (nSPS) is 13.3. The average molecular weight is 695 g/mol. The molecule has 0 atom stereocenters. The van der Waals surface area contributed by atoms with Crippen LogP contribution in [0.25, 0.3) is 11.1 Å². The fourth-order valence-corrected chi connectivity index (χ4v) is 6.33. The lowest BCUT2D eigenvalue weighted by molar-refractivity contribution is 0.190. The van der Waals surface area contributed by atoms with Crippen LogP contribution in [0.15, 0.2) is 72.0 Å². The number of benzene rings is 3. The first-order valence-corrected chi connectivity index (χ1v) is 17.9. The highest BCUT2D eigenvalue weighted by Gasteiger charge is 2.18. The number of likely N-dealkylation sites (tertiary alicyclic amines) is 1. The zero-order chi connectivity index (χ0) is 35.1. The topological polar surface area (TPSA) is 89.2 Å². The van der Waals surface area contributed by atoms with Crippen LogP contribution in [0.2, 0.25) is 5.02 Å². The van der Waals surface area contributed by atoms with Gasteiger partial charge in [0.15, 0.2) is 0 Å². The van der Waals surface area contributed by atoms with Crippen LogP contribution in [0.3, 0.4) is 0 Å². The summed E-state index contributed by atoms with van der Waals surface area (Å²) in [6.45, 7) is 12.2. The Morgan fingerprint density at radius 1 is 0.880 bits per heavy atom. The van der Waals surface area contributed by atoms with E-state index in [-0.39, 0.29) is 6.61 Å². The van der Waals surface area contributed by atoms with Crippen molar-refractivity contribution >= 4 is 17.8 Å². The fraction of sp³-hybridized carbons (Fsp3) is 0.390. The van der Waals surface area contributed by atoms with E-state index in [1.165, 1.54) is 19.3 Å². The lowest BCUT2D eigenvalue weighted by atomic mass is 9.93. The average Bonchev–Trinajstić information content (AvgIpc) is 3.13. The molecular weight excluding hydrogens is 648 g/mol. The van der Waals surface area contributed by atoms with Crippen molar-refractivity contribution in [3.05, 3.63) is 105 Å². The molecule has 0 amide bonds. The van der Waals surface area contributed by atoms with Crippen LogP contribution < -0.4 is 14.2 Å². The van der Waals surface area contributed by atoms with E-state index in [0.717, 1.165) is 70.7 Å². The molecule has 0 aliphatic carbocycles. The van der Waals surface area contributed by atoms with Crippen LogP contribution in [0.5, 0.6) is 17.2 Å². The van der Waals surface area contributed by atoms with Gasteiger partial charge in [-0.15, -0.1) is 0 Å². The van der Waals surface area contributed by atoms with Crippen LogP contribution in [0, 0.1) is 25.2 Å². The SMILES string of the molecule is CCOC/C=N/CCCOc1cccc(-c2cccc(COc3cc(OCc4cncc(C#N)c4)c(CN4CCCCC4)cc3Cl)c2C)c1C. The minimum Gasteiger partial charge on any atom is -0.493 e. The first kappa shape index (κ1) is 36.9. The maximum absolute atomic E-state index is 9.31. The van der Waals surface area contributed by atoms with Gasteiger partial charge in [0.2, 0.25) is 0 Å². The van der Waals surface area contributed by atoms with Crippen molar-refractivity contribution in [3.63, 3.8) is 0 Å². The molecular formula is C41H47ClN4O4. The van der Waals surface area contributed by atoms with E-state index < -0.39 is 0 Å². The van der Waals surface area contributed by atoms with Crippen molar-refractivity contribution in [2.45, 2.75) is 66.2 Å². The van der Waals surface area contributed by atoms with E-state index in [2.05, 4.69) is 59.1 Å². The number of aliphatic imine (C=N–C) groups is 1. The molecule has 1 aliphatic rings. The van der Waals surface area contributed by atoms with E-state index in [0.29, 0.717) is 55.1 Å². The lowest BCUT2D eigenvalue weighted by Crippen LogP contribution is -2.29. The van der Waals surface area contributed by atoms with Gasteiger partial charge in [-0.25, -0.2) is 0 Å². The van der Waals surface area contributed by atoms with Gasteiger partial charge in [0.05, 0.1) is 23.8 Å². The highest BCUT2D eigenvalue weighted by atomic mass is 35.5. The predicted molar refractivity (Wildman–Crippen MR) is 200 cm³/mol. The van der Waals surface area contributed by atoms with Gasteiger partial charge < -0.3 is 18.9 Å². The molecule has 0 N–H and O–H groups in total. The molecule has 2 heterocycles. The zero-order valence-corrected chi connectivity index (χ0v) is 30.2. The largest absolute Gasteiger partial charge is 0.493 e. The molecule has 4 aromatic rings. The Kier molecular flexibility index (Phi) is 14.1. The molecule has 262 valence electrons. The minimum absolute atomic E-state index is 0.280. The lowest BCUT2D eigenvalue weighted by Gasteiger charge is -2.27. The van der Waals surface area contributed by atoms with Gasteiger partial charge in [-0.2, -0.15) is 5.26 Å². The smallest absolute Gasteiger partial charge is 0.142 e. The molecule has 50 heavy (non-hydrogen) atoms. The summed E-state index contributed by atoms with van der Waals surface area (Å²) >= 11 is 6.86. The third-order valence-electron chi connectivity index (χ3n) is 8.89. The summed E-state index contributed by atoms with van der Waals surface area (Å²) in [6.07, 6.45) is 9.57. The molecule has 1 saturated heterocycles. The van der Waals surface area contributed by atoms with Crippen LogP contribution in [0.1, 0.15) is 66.0 Å². The molecule has 1 aromatic heterocycles. The standard InChI is InChI=1S/C41H47ClN4O4/c1-4-47-20-16-44-15-10-19-48-39-14-9-13-37(31(39)3)36-12-8-11-34(30(36)2)29-50-41-23-40(49-28-33-21-32(24-43)25-45-26-33)35(22-38(41)42)27-46-17-6-5-7-18-46/h8-9,11-14,16,21-23,25-26H,4-7,10,15,17-20,27-29H2,1-3H3/b44-16+. The van der Waals surface area contributed by atoms with Gasteiger partial charge in [-0.05, 0) is 92.7 Å². The van der Waals surface area contributed by atoms with Crippen LogP contribution in [-0.2, 0) is 24.5 Å². The van der Waals surface area contributed by atoms with Crippen LogP contribution >= 0.6 is 11.6 Å². The second-order valence-electron chi connectivity index (χ2n) is 12.5. The third kappa shape index (κ3) is 10.3. The highest BCUT2D eigenvalue weighted by molar-refractivity contribution is 6.32. The van der Waals surface area contributed by atoms with Crippen molar-refractivity contribution < 1.29 is 18.9 Å². The second kappa shape index (κ2) is 19.1. The monoisotopic (exact) mass is 694 g/mol. The number of piperidine rings is 1. The number of aromatic nitrogens is 1. The number of nitrogens with zero attached hydrogens (tertiary/aromatic N) is 4. The molecule has 1 fully saturated rings. The number of hydrogen-bond donors (Lipinski definition) is 0. The number of ether oxygens (including phenoxy) is 4. The molecule has 3 aromatic carbocycles. The number of nitriles is 1. The Morgan fingerprint density at radius 2 is 1.66 bits per heavy atom. The Hall–Kier alpha value is -4.42. The number of hydrogen-bond acceptors (Lipinski definition) is 8. The van der Waals surface area contributed by atoms with Gasteiger partial charge in [-0.3, -0.25) is 14.9 Å². The first-order valence-electron chi connectivity index (χ1n) is 17.5. The third-order valence-corrected chi connectivity index (χ3v) is 9.19. The molecule has 0 saturated carbocycles. The molecule has 5 rings (SSSR count). The molecule has 8 nitrogen and oxygen atoms in total. The Labute approximate surface area is 301 Å². The quantitative estimate of drug-likeness (QED) is 0.0806. The van der Waals surface area contributed by atoms with Crippen molar-refractivity contribution in [2.24, 2.45) is 4.99 Å². The summed E-state index contributed by atoms with van der Waals surface area (Å²) in [5.74, 6) is 2.15. The van der Waals surface area contributed by atoms with Crippen molar-refractivity contribution in [1.29, 1.82) is 5.26 Å². The van der Waals surface area contributed by atoms with Gasteiger partial charge in [0.25, 0.3) is 0 Å². The number of halogens is 1. The Bertz CT molecular complexity index is 1780. The molecule has 0 radical (unpaired) electrons. The summed E-state index contributed by atoms with van der Waals surface area (Å²) < 4.78 is 24.2. The van der Waals surface area contributed by atoms with Crippen molar-refractivity contribution in [3.8, 4) is 34.4 Å². The highest BCUT2D eigenvalue weighted by Crippen LogP contribution is 2.37. The summed E-state index contributed by atoms with van der Waals surface area (Å²) in [5, 5.41) is 9.86. The summed E-state index contributed by atoms with van der Waals surface area (Å²) in [5.41, 5.74) is 7.89. The van der Waals surface area contributed by atoms with Gasteiger partial charge in [0, 0.05) is 61.9 Å². The van der Waals surface area contributed by atoms with Gasteiger partial charge in [0.1, 0.15) is 36.5 Å². The van der Waals surface area contributed by atoms with Crippen LogP contribution in [-0.4, -0.2) is 55.6 Å². The zero-order valence-electron chi connectivity index (χ0n) is 29.4. The predicted octanol–water partition coefficient (Wildman–Crippen LogP) is 8.91. The molecule has 0 unspecified atom stereocenters. The molecule has 9 heteroatoms. The summed E-state index contributed by atoms with van der Waals surface area (Å²) in [6, 6.07) is 20.3. The van der Waals surface area contributed by atoms with E-state index >= 15 is 0 Å². The van der Waals surface area contributed by atoms with E-state index in [1.807, 2.05) is 37.4 Å². The minimum atomic E-state index is 0.280. The molecule has 0 bridgehead atoms. The van der Waals surface area contributed by atoms with Gasteiger partial charge >= 0.3 is 0 Å². The van der Waals surface area contributed by atoms with E-state index in [4.69, 9.17) is 30.5 Å². The van der Waals surface area contributed by atoms with E-state index in [1.54, 1.807) is 18.5 Å². The summed E-state index contributed by atoms with van der Waals surface area (Å²) in [4.78, 5) is 11.0. The number of pyridine rings is 1. The summed E-state index contributed by atoms with van der Waals surface area (Å²) in [7, 11) is 0. The van der Waals surface area contributed by atoms with Crippen molar-refractivity contribution in [1.82, 2.24) is 9.88 Å². The maximum atomic E-state index is 9.31. The first-order chi connectivity index (χ1) is 24.5. The maximum Gasteiger partial charge on any atom is 0.142 e. The number of rotatable bonds is 17. The Morgan fingerprint density at radius 3 is 2.46 bits per heavy atom. The van der Waals surface area contributed by atoms with Crippen molar-refractivity contribution in [2.75, 3.05) is 39.5 Å². The van der Waals surface area contributed by atoms with Crippen LogP contribution in [0.4, 0.5) is 0 Å². The van der Waals surface area contributed by atoms with E-state index in [9.17, 15) is 5.26 Å². The Balaban J connectivity index is 1.29.